The molecule has 0 aliphatic carbocycles. The van der Waals surface area contributed by atoms with E-state index in [1.165, 1.54) is 10.5 Å². The van der Waals surface area contributed by atoms with Gasteiger partial charge in [-0.1, -0.05) is 19.4 Å². The lowest BCUT2D eigenvalue weighted by Crippen LogP contribution is -2.36. The number of nitrogens with one attached hydrogen (secondary N) is 2. The third-order valence-electron chi connectivity index (χ3n) is 4.39. The molecule has 3 heterocycles. The van der Waals surface area contributed by atoms with Crippen LogP contribution in [0.2, 0.25) is 0 Å². The van der Waals surface area contributed by atoms with Crippen LogP contribution in [0.4, 0.5) is 0 Å². The molecule has 2 N–H and O–H groups in total. The minimum Gasteiger partial charge on any atom is -0.383 e. The van der Waals surface area contributed by atoms with E-state index >= 15 is 0 Å². The van der Waals surface area contributed by atoms with E-state index in [-0.39, 0.29) is 16.6 Å². The number of aromatic nitrogens is 3. The Balaban J connectivity index is 2.25. The molecule has 0 atom stereocenters. The third kappa shape index (κ3) is 3.61. The van der Waals surface area contributed by atoms with Gasteiger partial charge in [0.2, 0.25) is 0 Å². The molecule has 0 aromatic carbocycles. The van der Waals surface area contributed by atoms with Gasteiger partial charge in [-0.05, 0) is 24.6 Å². The second kappa shape index (κ2) is 8.13. The minimum atomic E-state index is -0.401. The lowest BCUT2D eigenvalue weighted by molar-refractivity contribution is 0.0934. The summed E-state index contributed by atoms with van der Waals surface area (Å²) in [5.74, 6) is -0.401. The highest BCUT2D eigenvalue weighted by Crippen LogP contribution is 2.11. The largest absolute Gasteiger partial charge is 0.383 e. The number of carbonyl (C=O) groups excluding carboxylic acids is 1. The molecule has 0 saturated carbocycles. The third-order valence-corrected chi connectivity index (χ3v) is 4.39. The number of fused-ring (bicyclic) bond motifs is 2. The maximum atomic E-state index is 13.0. The van der Waals surface area contributed by atoms with Gasteiger partial charge in [-0.25, -0.2) is 4.98 Å². The SMILES string of the molecule is CCCCn1c(=N)c(C(=O)NCCOC)cc2c(=O)n3ccccc3nc21. The Bertz CT molecular complexity index is 1100. The Hall–Kier alpha value is -3.00. The number of rotatable bonds is 7. The van der Waals surface area contributed by atoms with Gasteiger partial charge >= 0.3 is 0 Å². The first-order valence-electron chi connectivity index (χ1n) is 8.95. The molecule has 3 rings (SSSR count). The standard InChI is InChI=1S/C19H23N5O3/c1-3-4-9-24-16(20)13(18(25)21-8-11-27-2)12-14-17(24)22-15-7-5-6-10-23(15)19(14)26/h5-7,10,12,20H,3-4,8-9,11H2,1-2H3,(H,21,25). The Morgan fingerprint density at radius 3 is 2.93 bits per heavy atom. The van der Waals surface area contributed by atoms with Crippen molar-refractivity contribution >= 4 is 22.6 Å². The summed E-state index contributed by atoms with van der Waals surface area (Å²) >= 11 is 0. The average Bonchev–Trinajstić information content (AvgIpc) is 2.67. The topological polar surface area (TPSA) is 101 Å². The van der Waals surface area contributed by atoms with Gasteiger partial charge in [0.05, 0.1) is 17.6 Å². The molecule has 0 aliphatic heterocycles. The number of nitrogens with zero attached hydrogens (tertiary/aromatic N) is 3. The first-order valence-corrected chi connectivity index (χ1v) is 8.95. The van der Waals surface area contributed by atoms with E-state index in [1.807, 2.05) is 13.0 Å². The average molecular weight is 369 g/mol. The molecule has 3 aromatic rings. The molecule has 0 unspecified atom stereocenters. The number of amides is 1. The van der Waals surface area contributed by atoms with E-state index in [2.05, 4.69) is 10.3 Å². The fraction of sp³-hybridized carbons (Fsp3) is 0.368. The molecule has 142 valence electrons. The van der Waals surface area contributed by atoms with Crippen molar-refractivity contribution in [2.24, 2.45) is 0 Å². The number of pyridine rings is 2. The molecular formula is C19H23N5O3. The number of carbonyl (C=O) groups is 1. The summed E-state index contributed by atoms with van der Waals surface area (Å²) in [5.41, 5.74) is 0.893. The molecule has 3 aromatic heterocycles. The van der Waals surface area contributed by atoms with Gasteiger partial charge in [0.1, 0.15) is 16.8 Å². The fourth-order valence-electron chi connectivity index (χ4n) is 2.96. The van der Waals surface area contributed by atoms with Crippen molar-refractivity contribution in [1.29, 1.82) is 5.41 Å². The zero-order valence-electron chi connectivity index (χ0n) is 15.5. The molecular weight excluding hydrogens is 346 g/mol. The molecule has 8 nitrogen and oxygen atoms in total. The van der Waals surface area contributed by atoms with Crippen LogP contribution in [0.5, 0.6) is 0 Å². The molecule has 1 amide bonds. The van der Waals surface area contributed by atoms with Crippen molar-refractivity contribution in [3.8, 4) is 0 Å². The number of methoxy groups -OCH3 is 1. The molecule has 0 saturated heterocycles. The summed E-state index contributed by atoms with van der Waals surface area (Å²) in [4.78, 5) is 30.1. The van der Waals surface area contributed by atoms with Gasteiger partial charge in [0.15, 0.2) is 0 Å². The van der Waals surface area contributed by atoms with Crippen LogP contribution in [-0.2, 0) is 11.3 Å². The van der Waals surface area contributed by atoms with E-state index in [0.717, 1.165) is 12.8 Å². The predicted molar refractivity (Wildman–Crippen MR) is 102 cm³/mol. The predicted octanol–water partition coefficient (Wildman–Crippen LogP) is 1.30. The molecule has 0 spiro atoms. The lowest BCUT2D eigenvalue weighted by Gasteiger charge is -2.14. The number of ether oxygens (including phenoxy) is 1. The lowest BCUT2D eigenvalue weighted by atomic mass is 10.2. The second-order valence-electron chi connectivity index (χ2n) is 6.24. The molecule has 27 heavy (non-hydrogen) atoms. The van der Waals surface area contributed by atoms with Gasteiger partial charge in [0, 0.05) is 26.4 Å². The monoisotopic (exact) mass is 369 g/mol. The van der Waals surface area contributed by atoms with Crippen LogP contribution in [-0.4, -0.2) is 40.1 Å². The summed E-state index contributed by atoms with van der Waals surface area (Å²) in [5, 5.41) is 11.6. The number of aryl methyl sites for hydroxylation is 1. The van der Waals surface area contributed by atoms with E-state index in [4.69, 9.17) is 10.1 Å². The van der Waals surface area contributed by atoms with Crippen molar-refractivity contribution < 1.29 is 9.53 Å². The van der Waals surface area contributed by atoms with Crippen molar-refractivity contribution in [2.45, 2.75) is 26.3 Å². The smallest absolute Gasteiger partial charge is 0.267 e. The first-order chi connectivity index (χ1) is 13.1. The fourth-order valence-corrected chi connectivity index (χ4v) is 2.96. The van der Waals surface area contributed by atoms with Crippen LogP contribution in [0.3, 0.4) is 0 Å². The molecule has 8 heteroatoms. The maximum absolute atomic E-state index is 13.0. The van der Waals surface area contributed by atoms with Gasteiger partial charge in [-0.2, -0.15) is 0 Å². The van der Waals surface area contributed by atoms with E-state index in [9.17, 15) is 9.59 Å². The highest BCUT2D eigenvalue weighted by molar-refractivity contribution is 5.96. The summed E-state index contributed by atoms with van der Waals surface area (Å²) in [7, 11) is 1.55. The van der Waals surface area contributed by atoms with Gasteiger partial charge in [-0.15, -0.1) is 0 Å². The van der Waals surface area contributed by atoms with Crippen molar-refractivity contribution in [3.05, 3.63) is 51.9 Å². The number of unbranched alkanes of at least 4 members (excludes halogenated alkanes) is 1. The molecule has 0 fully saturated rings. The van der Waals surface area contributed by atoms with Crippen LogP contribution in [0.25, 0.3) is 16.7 Å². The van der Waals surface area contributed by atoms with E-state index in [1.54, 1.807) is 30.0 Å². The zero-order chi connectivity index (χ0) is 19.4. The van der Waals surface area contributed by atoms with Crippen molar-refractivity contribution in [1.82, 2.24) is 19.3 Å². The summed E-state index contributed by atoms with van der Waals surface area (Å²) in [6.07, 6.45) is 3.38. The normalized spacial score (nSPS) is 11.2. The van der Waals surface area contributed by atoms with Crippen LogP contribution in [0.1, 0.15) is 30.1 Å². The number of hydrogen-bond acceptors (Lipinski definition) is 5. The van der Waals surface area contributed by atoms with Crippen molar-refractivity contribution in [2.75, 3.05) is 20.3 Å². The number of hydrogen-bond donors (Lipinski definition) is 2. The Labute approximate surface area is 155 Å². The Morgan fingerprint density at radius 1 is 1.37 bits per heavy atom. The Morgan fingerprint density at radius 2 is 2.19 bits per heavy atom. The highest BCUT2D eigenvalue weighted by Gasteiger charge is 2.17. The maximum Gasteiger partial charge on any atom is 0.267 e. The van der Waals surface area contributed by atoms with Crippen LogP contribution < -0.4 is 16.4 Å². The van der Waals surface area contributed by atoms with Crippen LogP contribution >= 0.6 is 0 Å². The van der Waals surface area contributed by atoms with Crippen LogP contribution in [0, 0.1) is 5.41 Å². The second-order valence-corrected chi connectivity index (χ2v) is 6.24. The van der Waals surface area contributed by atoms with Crippen molar-refractivity contribution in [3.63, 3.8) is 0 Å². The quantitative estimate of drug-likeness (QED) is 0.484. The summed E-state index contributed by atoms with van der Waals surface area (Å²) < 4.78 is 8.04. The first kappa shape index (κ1) is 18.8. The Kier molecular flexibility index (Phi) is 5.66. The van der Waals surface area contributed by atoms with Gasteiger partial charge in [-0.3, -0.25) is 19.4 Å². The molecule has 0 aliphatic rings. The minimum absolute atomic E-state index is 0.0537. The van der Waals surface area contributed by atoms with E-state index in [0.29, 0.717) is 36.4 Å². The molecule has 0 radical (unpaired) electrons. The van der Waals surface area contributed by atoms with Gasteiger partial charge in [0.25, 0.3) is 11.5 Å². The summed E-state index contributed by atoms with van der Waals surface area (Å²) in [6.45, 7) is 3.26. The van der Waals surface area contributed by atoms with E-state index < -0.39 is 5.91 Å². The van der Waals surface area contributed by atoms with Crippen LogP contribution in [0.15, 0.2) is 35.3 Å². The van der Waals surface area contributed by atoms with Gasteiger partial charge < -0.3 is 14.6 Å². The highest BCUT2D eigenvalue weighted by atomic mass is 16.5. The molecule has 0 bridgehead atoms. The summed E-state index contributed by atoms with van der Waals surface area (Å²) in [6, 6.07) is 6.78. The zero-order valence-corrected chi connectivity index (χ0v) is 15.5.